The van der Waals surface area contributed by atoms with Crippen molar-refractivity contribution in [3.63, 3.8) is 0 Å². The van der Waals surface area contributed by atoms with Gasteiger partial charge >= 0.3 is 0 Å². The van der Waals surface area contributed by atoms with Gasteiger partial charge < -0.3 is 4.90 Å². The Balaban J connectivity index is 2.21. The molecule has 1 unspecified atom stereocenters. The Morgan fingerprint density at radius 1 is 1.35 bits per heavy atom. The highest BCUT2D eigenvalue weighted by atomic mass is 35.5. The van der Waals surface area contributed by atoms with Crippen molar-refractivity contribution in [2.75, 3.05) is 4.90 Å². The highest BCUT2D eigenvalue weighted by Crippen LogP contribution is 2.39. The van der Waals surface area contributed by atoms with Gasteiger partial charge in [-0.05, 0) is 31.9 Å². The van der Waals surface area contributed by atoms with Gasteiger partial charge in [-0.2, -0.15) is 0 Å². The lowest BCUT2D eigenvalue weighted by Crippen LogP contribution is -2.26. The third-order valence-corrected chi connectivity index (χ3v) is 3.83. The highest BCUT2D eigenvalue weighted by Gasteiger charge is 2.30. The molecule has 20 heavy (non-hydrogen) atoms. The Hall–Kier alpha value is -1.94. The van der Waals surface area contributed by atoms with Crippen LogP contribution in [-0.4, -0.2) is 22.3 Å². The predicted octanol–water partition coefficient (Wildman–Crippen LogP) is 3.33. The lowest BCUT2D eigenvalue weighted by molar-refractivity contribution is 0.112. The monoisotopic (exact) mass is 287 g/mol. The van der Waals surface area contributed by atoms with Crippen LogP contribution in [0.3, 0.4) is 0 Å². The van der Waals surface area contributed by atoms with E-state index in [1.165, 1.54) is 5.56 Å². The molecule has 1 atom stereocenters. The Kier molecular flexibility index (Phi) is 3.18. The van der Waals surface area contributed by atoms with Crippen LogP contribution in [0.1, 0.15) is 28.7 Å². The quantitative estimate of drug-likeness (QED) is 0.628. The van der Waals surface area contributed by atoms with E-state index in [1.807, 2.05) is 18.2 Å². The molecular weight excluding hydrogens is 274 g/mol. The Morgan fingerprint density at radius 3 is 2.85 bits per heavy atom. The van der Waals surface area contributed by atoms with Gasteiger partial charge in [0.25, 0.3) is 0 Å². The summed E-state index contributed by atoms with van der Waals surface area (Å²) >= 11 is 6.08. The lowest BCUT2D eigenvalue weighted by atomic mass is 10.1. The number of aldehydes is 1. The molecule has 0 radical (unpaired) electrons. The molecule has 0 bridgehead atoms. The number of aryl methyl sites for hydroxylation is 1. The summed E-state index contributed by atoms with van der Waals surface area (Å²) in [5.41, 5.74) is 2.68. The van der Waals surface area contributed by atoms with Crippen molar-refractivity contribution in [1.82, 2.24) is 9.97 Å². The van der Waals surface area contributed by atoms with Crippen LogP contribution >= 0.6 is 11.6 Å². The van der Waals surface area contributed by atoms with Crippen molar-refractivity contribution in [3.05, 3.63) is 46.4 Å². The second kappa shape index (κ2) is 4.87. The minimum atomic E-state index is 0.207. The third kappa shape index (κ3) is 1.96. The fourth-order valence-electron chi connectivity index (χ4n) is 2.71. The smallest absolute Gasteiger partial charge is 0.156 e. The van der Waals surface area contributed by atoms with E-state index in [-0.39, 0.29) is 11.2 Å². The van der Waals surface area contributed by atoms with Gasteiger partial charge in [0.15, 0.2) is 6.29 Å². The van der Waals surface area contributed by atoms with Crippen molar-refractivity contribution < 1.29 is 4.79 Å². The molecule has 2 heterocycles. The van der Waals surface area contributed by atoms with Crippen LogP contribution < -0.4 is 4.90 Å². The normalized spacial score (nSPS) is 17.1. The molecule has 1 aromatic heterocycles. The summed E-state index contributed by atoms with van der Waals surface area (Å²) in [6.07, 6.45) is 1.65. The number of carbonyl (C=O) groups is 1. The number of nitrogens with zero attached hydrogens (tertiary/aromatic N) is 3. The van der Waals surface area contributed by atoms with E-state index in [4.69, 9.17) is 11.6 Å². The van der Waals surface area contributed by atoms with Crippen LogP contribution in [0.4, 0.5) is 11.5 Å². The summed E-state index contributed by atoms with van der Waals surface area (Å²) in [7, 11) is 0. The Bertz CT molecular complexity index is 687. The second-order valence-electron chi connectivity index (χ2n) is 4.97. The molecular formula is C15H14ClN3O. The van der Waals surface area contributed by atoms with Gasteiger partial charge in [-0.15, -0.1) is 0 Å². The van der Waals surface area contributed by atoms with Crippen molar-refractivity contribution in [3.8, 4) is 0 Å². The first kappa shape index (κ1) is 13.1. The van der Waals surface area contributed by atoms with Crippen LogP contribution in [0.15, 0.2) is 24.3 Å². The van der Waals surface area contributed by atoms with Crippen molar-refractivity contribution in [2.24, 2.45) is 0 Å². The molecule has 102 valence electrons. The molecule has 0 amide bonds. The highest BCUT2D eigenvalue weighted by molar-refractivity contribution is 6.32. The number of hydrogen-bond acceptors (Lipinski definition) is 4. The third-order valence-electron chi connectivity index (χ3n) is 3.54. The second-order valence-corrected chi connectivity index (χ2v) is 5.33. The molecule has 0 spiro atoms. The summed E-state index contributed by atoms with van der Waals surface area (Å²) in [5.74, 6) is 1.15. The molecule has 4 nitrogen and oxygen atoms in total. The molecule has 0 fully saturated rings. The van der Waals surface area contributed by atoms with Crippen LogP contribution in [0, 0.1) is 6.92 Å². The van der Waals surface area contributed by atoms with Crippen LogP contribution in [0.2, 0.25) is 5.15 Å². The average molecular weight is 288 g/mol. The van der Waals surface area contributed by atoms with E-state index in [1.54, 1.807) is 6.92 Å². The molecule has 0 N–H and O–H groups in total. The lowest BCUT2D eigenvalue weighted by Gasteiger charge is -2.25. The van der Waals surface area contributed by atoms with E-state index in [0.717, 1.165) is 18.4 Å². The van der Waals surface area contributed by atoms with Crippen LogP contribution in [0.25, 0.3) is 0 Å². The fraction of sp³-hybridized carbons (Fsp3) is 0.267. The summed E-state index contributed by atoms with van der Waals surface area (Å²) in [5, 5.41) is 0.207. The molecule has 0 aliphatic carbocycles. The number of benzene rings is 1. The van der Waals surface area contributed by atoms with Gasteiger partial charge in [-0.3, -0.25) is 4.79 Å². The van der Waals surface area contributed by atoms with Gasteiger partial charge in [0.2, 0.25) is 0 Å². The minimum Gasteiger partial charge on any atom is -0.322 e. The van der Waals surface area contributed by atoms with E-state index in [2.05, 4.69) is 27.9 Å². The molecule has 1 aliphatic rings. The van der Waals surface area contributed by atoms with Gasteiger partial charge in [0.1, 0.15) is 16.8 Å². The van der Waals surface area contributed by atoms with Crippen molar-refractivity contribution in [1.29, 1.82) is 0 Å². The molecule has 5 heteroatoms. The first-order chi connectivity index (χ1) is 9.61. The topological polar surface area (TPSA) is 46.1 Å². The Labute approximate surface area is 122 Å². The molecule has 1 aliphatic heterocycles. The predicted molar refractivity (Wildman–Crippen MR) is 78.9 cm³/mol. The maximum atomic E-state index is 11.3. The number of rotatable bonds is 2. The summed E-state index contributed by atoms with van der Waals surface area (Å²) < 4.78 is 0. The van der Waals surface area contributed by atoms with Gasteiger partial charge in [0.05, 0.1) is 5.56 Å². The van der Waals surface area contributed by atoms with Crippen molar-refractivity contribution >= 4 is 29.4 Å². The zero-order valence-corrected chi connectivity index (χ0v) is 12.1. The number of carbonyl (C=O) groups excluding carboxylic acids is 1. The SMILES string of the molecule is Cc1nc(Cl)c(C=O)c(N2c3ccccc3CC2C)n1. The summed E-state index contributed by atoms with van der Waals surface area (Å²) in [6.45, 7) is 3.89. The maximum Gasteiger partial charge on any atom is 0.156 e. The first-order valence-corrected chi connectivity index (χ1v) is 6.86. The first-order valence-electron chi connectivity index (χ1n) is 6.48. The van der Waals surface area contributed by atoms with E-state index >= 15 is 0 Å². The zero-order valence-electron chi connectivity index (χ0n) is 11.3. The number of para-hydroxylation sites is 1. The number of fused-ring (bicyclic) bond motifs is 1. The average Bonchev–Trinajstić information content (AvgIpc) is 2.73. The Morgan fingerprint density at radius 2 is 2.10 bits per heavy atom. The maximum absolute atomic E-state index is 11.3. The van der Waals surface area contributed by atoms with Gasteiger partial charge in [-0.1, -0.05) is 29.8 Å². The van der Waals surface area contributed by atoms with Gasteiger partial charge in [0, 0.05) is 11.7 Å². The minimum absolute atomic E-state index is 0.207. The summed E-state index contributed by atoms with van der Waals surface area (Å²) in [4.78, 5) is 21.9. The number of anilines is 2. The molecule has 2 aromatic rings. The molecule has 3 rings (SSSR count). The van der Waals surface area contributed by atoms with Crippen LogP contribution in [0.5, 0.6) is 0 Å². The molecule has 0 saturated carbocycles. The fourth-order valence-corrected chi connectivity index (χ4v) is 2.96. The standard InChI is InChI=1S/C15H14ClN3O/c1-9-7-11-5-3-4-6-13(11)19(9)15-12(8-20)14(16)17-10(2)18-15/h3-6,8-9H,7H2,1-2H3. The van der Waals surface area contributed by atoms with E-state index in [9.17, 15) is 4.79 Å². The zero-order chi connectivity index (χ0) is 14.3. The number of aromatic nitrogens is 2. The van der Waals surface area contributed by atoms with E-state index < -0.39 is 0 Å². The largest absolute Gasteiger partial charge is 0.322 e. The van der Waals surface area contributed by atoms with Crippen molar-refractivity contribution in [2.45, 2.75) is 26.3 Å². The summed E-state index contributed by atoms with van der Waals surface area (Å²) in [6, 6.07) is 8.38. The number of halogens is 1. The molecule has 0 saturated heterocycles. The van der Waals surface area contributed by atoms with Crippen LogP contribution in [-0.2, 0) is 6.42 Å². The van der Waals surface area contributed by atoms with E-state index in [0.29, 0.717) is 17.2 Å². The van der Waals surface area contributed by atoms with Gasteiger partial charge in [-0.25, -0.2) is 9.97 Å². The molecule has 1 aromatic carbocycles. The number of hydrogen-bond donors (Lipinski definition) is 0.